The number of aromatic amines is 1. The van der Waals surface area contributed by atoms with E-state index >= 15 is 0 Å². The highest BCUT2D eigenvalue weighted by atomic mass is 15.2. The van der Waals surface area contributed by atoms with Crippen LogP contribution >= 0.6 is 0 Å². The Kier molecular flexibility index (Phi) is 1.83. The molecule has 0 spiro atoms. The van der Waals surface area contributed by atoms with E-state index in [-0.39, 0.29) is 0 Å². The quantitative estimate of drug-likeness (QED) is 0.580. The Hall–Kier alpha value is -2.11. The number of nitrogens with one attached hydrogen (secondary N) is 1. The fourth-order valence-corrected chi connectivity index (χ4v) is 1.73. The number of H-pyrrole nitrogens is 1. The van der Waals surface area contributed by atoms with Gasteiger partial charge in [0.15, 0.2) is 13.5 Å². The molecule has 0 bridgehead atoms. The van der Waals surface area contributed by atoms with Crippen LogP contribution in [-0.4, -0.2) is 32.6 Å². The van der Waals surface area contributed by atoms with Crippen molar-refractivity contribution < 1.29 is 0 Å². The van der Waals surface area contributed by atoms with E-state index < -0.39 is 0 Å². The number of fused-ring (bicyclic) bond motifs is 1. The zero-order chi connectivity index (χ0) is 11.1. The number of hydrogen-bond acceptors (Lipinski definition) is 3. The number of hydrogen-bond donors (Lipinski definition) is 1. The molecule has 0 unspecified atom stereocenters. The van der Waals surface area contributed by atoms with Crippen LogP contribution < -0.4 is 5.72 Å². The molecule has 3 aromatic heterocycles. The molecular weight excluding hydrogens is 201 g/mol. The maximum absolute atomic E-state index is 5.62. The highest BCUT2D eigenvalue weighted by Crippen LogP contribution is 2.23. The van der Waals surface area contributed by atoms with Gasteiger partial charge in [0, 0.05) is 30.6 Å². The minimum atomic E-state index is 0.374. The molecule has 0 aromatic carbocycles. The molecule has 0 aliphatic heterocycles. The summed E-state index contributed by atoms with van der Waals surface area (Å²) in [5.74, 6) is 0. The monoisotopic (exact) mass is 209 g/mol. The SMILES string of the molecule is [B]c1nc2nccc(-c3cnn(C)c3)c2[nH]1. The Morgan fingerprint density at radius 1 is 1.44 bits per heavy atom. The van der Waals surface area contributed by atoms with Crippen LogP contribution in [-0.2, 0) is 7.05 Å². The standard InChI is InChI=1S/C10H8BN5/c1-16-5-6(4-13-16)7-2-3-12-9-8(7)14-10(11)15-9/h2-5H,1H3,(H,12,14,15). The first-order valence-corrected chi connectivity index (χ1v) is 4.83. The Labute approximate surface area is 92.9 Å². The van der Waals surface area contributed by atoms with Gasteiger partial charge in [-0.3, -0.25) is 4.68 Å². The van der Waals surface area contributed by atoms with Crippen molar-refractivity contribution >= 4 is 24.7 Å². The van der Waals surface area contributed by atoms with Crippen LogP contribution in [0.3, 0.4) is 0 Å². The third kappa shape index (κ3) is 1.30. The summed E-state index contributed by atoms with van der Waals surface area (Å²) in [6.07, 6.45) is 5.45. The fraction of sp³-hybridized carbons (Fsp3) is 0.100. The van der Waals surface area contributed by atoms with Crippen molar-refractivity contribution in [3.63, 3.8) is 0 Å². The van der Waals surface area contributed by atoms with Crippen molar-refractivity contribution in [3.8, 4) is 11.1 Å². The maximum atomic E-state index is 5.62. The molecule has 0 saturated carbocycles. The van der Waals surface area contributed by atoms with Gasteiger partial charge in [0.2, 0.25) is 0 Å². The lowest BCUT2D eigenvalue weighted by Crippen LogP contribution is -2.05. The third-order valence-corrected chi connectivity index (χ3v) is 2.43. The maximum Gasteiger partial charge on any atom is 0.177 e. The van der Waals surface area contributed by atoms with Gasteiger partial charge < -0.3 is 4.98 Å². The van der Waals surface area contributed by atoms with E-state index in [0.29, 0.717) is 11.4 Å². The molecule has 16 heavy (non-hydrogen) atoms. The summed E-state index contributed by atoms with van der Waals surface area (Å²) >= 11 is 0. The minimum Gasteiger partial charge on any atom is -0.349 e. The zero-order valence-corrected chi connectivity index (χ0v) is 8.68. The Balaban J connectivity index is 2.30. The summed E-state index contributed by atoms with van der Waals surface area (Å²) in [6, 6.07) is 1.91. The van der Waals surface area contributed by atoms with Gasteiger partial charge in [-0.25, -0.2) is 9.97 Å². The van der Waals surface area contributed by atoms with E-state index in [1.807, 2.05) is 19.3 Å². The van der Waals surface area contributed by atoms with Crippen LogP contribution in [0.15, 0.2) is 24.7 Å². The molecule has 6 heteroatoms. The molecule has 3 heterocycles. The van der Waals surface area contributed by atoms with Crippen LogP contribution in [0.2, 0.25) is 0 Å². The normalized spacial score (nSPS) is 11.1. The third-order valence-electron chi connectivity index (χ3n) is 2.43. The first kappa shape index (κ1) is 9.14. The molecule has 0 aliphatic carbocycles. The van der Waals surface area contributed by atoms with Gasteiger partial charge >= 0.3 is 0 Å². The molecule has 0 fully saturated rings. The summed E-state index contributed by atoms with van der Waals surface area (Å²) < 4.78 is 1.75. The number of imidazole rings is 1. The molecule has 3 aromatic rings. The van der Waals surface area contributed by atoms with Gasteiger partial charge in [-0.2, -0.15) is 5.10 Å². The van der Waals surface area contributed by atoms with E-state index in [0.717, 1.165) is 16.6 Å². The Morgan fingerprint density at radius 2 is 2.31 bits per heavy atom. The van der Waals surface area contributed by atoms with Crippen LogP contribution in [0.5, 0.6) is 0 Å². The smallest absolute Gasteiger partial charge is 0.177 e. The second-order valence-electron chi connectivity index (χ2n) is 3.58. The molecule has 5 nitrogen and oxygen atoms in total. The number of aryl methyl sites for hydroxylation is 1. The largest absolute Gasteiger partial charge is 0.349 e. The lowest BCUT2D eigenvalue weighted by Gasteiger charge is -1.97. The van der Waals surface area contributed by atoms with Crippen molar-refractivity contribution in [2.45, 2.75) is 0 Å². The van der Waals surface area contributed by atoms with Crippen LogP contribution in [0.4, 0.5) is 0 Å². The number of pyridine rings is 1. The summed E-state index contributed by atoms with van der Waals surface area (Å²) in [4.78, 5) is 11.2. The molecule has 2 radical (unpaired) electrons. The van der Waals surface area contributed by atoms with Crippen LogP contribution in [0, 0.1) is 0 Å². The van der Waals surface area contributed by atoms with Crippen molar-refractivity contribution in [2.75, 3.05) is 0 Å². The van der Waals surface area contributed by atoms with Gasteiger partial charge in [0.05, 0.1) is 17.4 Å². The van der Waals surface area contributed by atoms with Crippen molar-refractivity contribution in [2.24, 2.45) is 7.05 Å². The second-order valence-corrected chi connectivity index (χ2v) is 3.58. The van der Waals surface area contributed by atoms with E-state index in [9.17, 15) is 0 Å². The molecule has 3 rings (SSSR count). The van der Waals surface area contributed by atoms with E-state index in [1.54, 1.807) is 17.1 Å². The number of nitrogens with zero attached hydrogens (tertiary/aromatic N) is 4. The molecule has 76 valence electrons. The molecular formula is C10H8BN5. The topological polar surface area (TPSA) is 59.4 Å². The summed E-state index contributed by atoms with van der Waals surface area (Å²) in [5.41, 5.74) is 3.85. The van der Waals surface area contributed by atoms with Gasteiger partial charge in [-0.15, -0.1) is 0 Å². The van der Waals surface area contributed by atoms with E-state index in [4.69, 9.17) is 7.85 Å². The predicted octanol–water partition coefficient (Wildman–Crippen LogP) is 0.152. The first-order valence-electron chi connectivity index (χ1n) is 4.83. The van der Waals surface area contributed by atoms with Crippen LogP contribution in [0.1, 0.15) is 0 Å². The highest BCUT2D eigenvalue weighted by Gasteiger charge is 2.08. The minimum absolute atomic E-state index is 0.374. The molecule has 0 aliphatic rings. The highest BCUT2D eigenvalue weighted by molar-refractivity contribution is 6.30. The van der Waals surface area contributed by atoms with Gasteiger partial charge in [-0.05, 0) is 6.07 Å². The van der Waals surface area contributed by atoms with Gasteiger partial charge in [-0.1, -0.05) is 0 Å². The molecule has 0 amide bonds. The Morgan fingerprint density at radius 3 is 3.06 bits per heavy atom. The number of aromatic nitrogens is 5. The first-order chi connectivity index (χ1) is 7.74. The number of rotatable bonds is 1. The Bertz CT molecular complexity index is 654. The summed E-state index contributed by atoms with van der Waals surface area (Å²) in [5, 5.41) is 4.14. The average molecular weight is 209 g/mol. The van der Waals surface area contributed by atoms with Crippen molar-refractivity contribution in [1.82, 2.24) is 24.7 Å². The van der Waals surface area contributed by atoms with E-state index in [1.165, 1.54) is 0 Å². The molecule has 1 N–H and O–H groups in total. The predicted molar refractivity (Wildman–Crippen MR) is 61.5 cm³/mol. The zero-order valence-electron chi connectivity index (χ0n) is 8.68. The summed E-state index contributed by atoms with van der Waals surface area (Å²) in [7, 11) is 7.49. The van der Waals surface area contributed by atoms with Gasteiger partial charge in [0.25, 0.3) is 0 Å². The lowest BCUT2D eigenvalue weighted by molar-refractivity contribution is 0.768. The van der Waals surface area contributed by atoms with Crippen molar-refractivity contribution in [1.29, 1.82) is 0 Å². The van der Waals surface area contributed by atoms with E-state index in [2.05, 4.69) is 20.1 Å². The summed E-state index contributed by atoms with van der Waals surface area (Å²) in [6.45, 7) is 0. The van der Waals surface area contributed by atoms with Crippen molar-refractivity contribution in [3.05, 3.63) is 24.7 Å². The van der Waals surface area contributed by atoms with Crippen LogP contribution in [0.25, 0.3) is 22.3 Å². The second kappa shape index (κ2) is 3.20. The average Bonchev–Trinajstić information content (AvgIpc) is 2.82. The van der Waals surface area contributed by atoms with Gasteiger partial charge in [0.1, 0.15) is 0 Å². The molecule has 0 saturated heterocycles. The molecule has 0 atom stereocenters. The fourth-order valence-electron chi connectivity index (χ4n) is 1.73. The lowest BCUT2D eigenvalue weighted by atomic mass is 10.1.